The molecule has 1 N–H and O–H groups in total. The normalized spacial score (nSPS) is 25.4. The van der Waals surface area contributed by atoms with Crippen LogP contribution in [0.1, 0.15) is 52.9 Å². The molecule has 1 aliphatic rings. The van der Waals surface area contributed by atoms with Crippen LogP contribution in [-0.2, 0) is 4.79 Å². The predicted octanol–water partition coefficient (Wildman–Crippen LogP) is 2.05. The van der Waals surface area contributed by atoms with Gasteiger partial charge in [-0.2, -0.15) is 0 Å². The van der Waals surface area contributed by atoms with Crippen LogP contribution in [0.3, 0.4) is 0 Å². The fraction of sp³-hybridized carbons (Fsp3) is 0.933. The molecule has 0 aromatic carbocycles. The molecule has 3 unspecified atom stereocenters. The fourth-order valence-corrected chi connectivity index (χ4v) is 2.76. The summed E-state index contributed by atoms with van der Waals surface area (Å²) in [5.41, 5.74) is 0. The van der Waals surface area contributed by atoms with Crippen LogP contribution < -0.4 is 5.32 Å². The maximum Gasteiger partial charge on any atom is 0.241 e. The average Bonchev–Trinajstić information content (AvgIpc) is 2.70. The second kappa shape index (κ2) is 7.85. The van der Waals surface area contributed by atoms with Gasteiger partial charge in [-0.1, -0.05) is 26.7 Å². The third-order valence-electron chi connectivity index (χ3n) is 3.98. The zero-order valence-electron chi connectivity index (χ0n) is 13.3. The van der Waals surface area contributed by atoms with Gasteiger partial charge in [-0.05, 0) is 46.8 Å². The summed E-state index contributed by atoms with van der Waals surface area (Å²) in [7, 11) is 4.16. The van der Waals surface area contributed by atoms with Crippen LogP contribution in [0.5, 0.6) is 0 Å². The molecule has 1 amide bonds. The van der Waals surface area contributed by atoms with Crippen molar-refractivity contribution in [3.8, 4) is 0 Å². The third kappa shape index (κ3) is 4.46. The lowest BCUT2D eigenvalue weighted by Crippen LogP contribution is -2.44. The Morgan fingerprint density at radius 1 is 1.37 bits per heavy atom. The minimum absolute atomic E-state index is 0.0479. The molecule has 0 aromatic rings. The van der Waals surface area contributed by atoms with Crippen molar-refractivity contribution in [3.63, 3.8) is 0 Å². The van der Waals surface area contributed by atoms with Gasteiger partial charge in [0, 0.05) is 6.04 Å². The summed E-state index contributed by atoms with van der Waals surface area (Å²) in [5.74, 6) is 0.312. The van der Waals surface area contributed by atoms with Gasteiger partial charge in [-0.3, -0.25) is 10.1 Å². The molecule has 112 valence electrons. The molecule has 0 radical (unpaired) electrons. The molecule has 19 heavy (non-hydrogen) atoms. The summed E-state index contributed by atoms with van der Waals surface area (Å²) in [6.07, 6.45) is 5.51. The topological polar surface area (TPSA) is 35.6 Å². The Kier molecular flexibility index (Phi) is 6.80. The number of rotatable bonds is 8. The standard InChI is InChI=1S/C15H31N3O/c1-6-8-9-13-15(19)18(14(7-2)16-13)12(3)10-11-17(4)5/h12-14,16H,6-11H2,1-5H3. The SMILES string of the molecule is CCCCC1NC(CC)N(C(C)CCN(C)C)C1=O. The molecule has 1 aliphatic heterocycles. The molecule has 0 aliphatic carbocycles. The average molecular weight is 269 g/mol. The molecular formula is C15H31N3O. The first-order valence-electron chi connectivity index (χ1n) is 7.74. The van der Waals surface area contributed by atoms with Gasteiger partial charge in [-0.25, -0.2) is 0 Å². The first-order chi connectivity index (χ1) is 9.01. The van der Waals surface area contributed by atoms with Crippen molar-refractivity contribution < 1.29 is 4.79 Å². The summed E-state index contributed by atoms with van der Waals surface area (Å²) in [6, 6.07) is 0.366. The monoisotopic (exact) mass is 269 g/mol. The lowest BCUT2D eigenvalue weighted by molar-refractivity contribution is -0.132. The van der Waals surface area contributed by atoms with Crippen molar-refractivity contribution in [2.75, 3.05) is 20.6 Å². The Hall–Kier alpha value is -0.610. The van der Waals surface area contributed by atoms with Crippen molar-refractivity contribution >= 4 is 5.91 Å². The van der Waals surface area contributed by atoms with Gasteiger partial charge >= 0.3 is 0 Å². The highest BCUT2D eigenvalue weighted by atomic mass is 16.2. The molecule has 1 saturated heterocycles. The Morgan fingerprint density at radius 2 is 2.05 bits per heavy atom. The summed E-state index contributed by atoms with van der Waals surface area (Å²) < 4.78 is 0. The first-order valence-corrected chi connectivity index (χ1v) is 7.74. The van der Waals surface area contributed by atoms with Crippen LogP contribution in [0.15, 0.2) is 0 Å². The van der Waals surface area contributed by atoms with Gasteiger partial charge in [0.1, 0.15) is 0 Å². The van der Waals surface area contributed by atoms with E-state index < -0.39 is 0 Å². The molecule has 1 fully saturated rings. The summed E-state index contributed by atoms with van der Waals surface area (Å²) in [5, 5.41) is 3.51. The van der Waals surface area contributed by atoms with Crippen LogP contribution in [0, 0.1) is 0 Å². The zero-order valence-corrected chi connectivity index (χ0v) is 13.3. The number of nitrogens with zero attached hydrogens (tertiary/aromatic N) is 2. The Bertz CT molecular complexity index is 281. The molecule has 0 bridgehead atoms. The van der Waals surface area contributed by atoms with Crippen molar-refractivity contribution in [1.29, 1.82) is 0 Å². The second-order valence-corrected chi connectivity index (χ2v) is 5.97. The van der Waals surface area contributed by atoms with Crippen molar-refractivity contribution in [2.45, 2.75) is 71.1 Å². The minimum atomic E-state index is 0.0479. The van der Waals surface area contributed by atoms with E-state index in [2.05, 4.69) is 50.0 Å². The lowest BCUT2D eigenvalue weighted by atomic mass is 10.1. The van der Waals surface area contributed by atoms with Gasteiger partial charge in [0.25, 0.3) is 0 Å². The molecule has 0 aromatic heterocycles. The van der Waals surface area contributed by atoms with Crippen LogP contribution >= 0.6 is 0 Å². The highest BCUT2D eigenvalue weighted by Crippen LogP contribution is 2.21. The van der Waals surface area contributed by atoms with E-state index in [0.717, 1.165) is 38.6 Å². The van der Waals surface area contributed by atoms with Crippen LogP contribution in [0.4, 0.5) is 0 Å². The van der Waals surface area contributed by atoms with E-state index in [-0.39, 0.29) is 12.2 Å². The highest BCUT2D eigenvalue weighted by Gasteiger charge is 2.39. The molecule has 1 rings (SSSR count). The lowest BCUT2D eigenvalue weighted by Gasteiger charge is -2.30. The Morgan fingerprint density at radius 3 is 2.58 bits per heavy atom. The predicted molar refractivity (Wildman–Crippen MR) is 80.0 cm³/mol. The number of unbranched alkanes of at least 4 members (excludes halogenated alkanes) is 1. The van der Waals surface area contributed by atoms with Gasteiger partial charge in [0.15, 0.2) is 0 Å². The summed E-state index contributed by atoms with van der Waals surface area (Å²) in [6.45, 7) is 7.53. The van der Waals surface area contributed by atoms with Gasteiger partial charge in [0.05, 0.1) is 12.2 Å². The molecule has 1 heterocycles. The molecule has 0 spiro atoms. The molecule has 3 atom stereocenters. The third-order valence-corrected chi connectivity index (χ3v) is 3.98. The molecule has 0 saturated carbocycles. The zero-order chi connectivity index (χ0) is 14.4. The van der Waals surface area contributed by atoms with Gasteiger partial charge in [-0.15, -0.1) is 0 Å². The maximum atomic E-state index is 12.5. The fourth-order valence-electron chi connectivity index (χ4n) is 2.76. The van der Waals surface area contributed by atoms with Gasteiger partial charge < -0.3 is 9.80 Å². The summed E-state index contributed by atoms with van der Waals surface area (Å²) >= 11 is 0. The number of carbonyl (C=O) groups is 1. The van der Waals surface area contributed by atoms with Crippen LogP contribution in [0.25, 0.3) is 0 Å². The van der Waals surface area contributed by atoms with E-state index >= 15 is 0 Å². The van der Waals surface area contributed by atoms with Crippen molar-refractivity contribution in [1.82, 2.24) is 15.1 Å². The van der Waals surface area contributed by atoms with E-state index in [1.165, 1.54) is 0 Å². The number of hydrogen-bond donors (Lipinski definition) is 1. The quantitative estimate of drug-likeness (QED) is 0.732. The second-order valence-electron chi connectivity index (χ2n) is 5.97. The number of nitrogens with one attached hydrogen (secondary N) is 1. The van der Waals surface area contributed by atoms with E-state index in [0.29, 0.717) is 11.9 Å². The maximum absolute atomic E-state index is 12.5. The molecule has 4 nitrogen and oxygen atoms in total. The number of hydrogen-bond acceptors (Lipinski definition) is 3. The summed E-state index contributed by atoms with van der Waals surface area (Å²) in [4.78, 5) is 16.8. The Labute approximate surface area is 118 Å². The van der Waals surface area contributed by atoms with Crippen molar-refractivity contribution in [2.24, 2.45) is 0 Å². The van der Waals surface area contributed by atoms with Crippen LogP contribution in [0.2, 0.25) is 0 Å². The van der Waals surface area contributed by atoms with Crippen molar-refractivity contribution in [3.05, 3.63) is 0 Å². The largest absolute Gasteiger partial charge is 0.323 e. The smallest absolute Gasteiger partial charge is 0.241 e. The minimum Gasteiger partial charge on any atom is -0.323 e. The van der Waals surface area contributed by atoms with E-state index in [9.17, 15) is 4.79 Å². The van der Waals surface area contributed by atoms with E-state index in [1.807, 2.05) is 0 Å². The van der Waals surface area contributed by atoms with E-state index in [4.69, 9.17) is 0 Å². The van der Waals surface area contributed by atoms with Crippen LogP contribution in [-0.4, -0.2) is 54.6 Å². The molecule has 4 heteroatoms. The number of amides is 1. The Balaban J connectivity index is 2.60. The van der Waals surface area contributed by atoms with Gasteiger partial charge in [0.2, 0.25) is 5.91 Å². The molecular weight excluding hydrogens is 238 g/mol. The number of carbonyl (C=O) groups excluding carboxylic acids is 1. The highest BCUT2D eigenvalue weighted by molar-refractivity contribution is 5.84. The first kappa shape index (κ1) is 16.4. The van der Waals surface area contributed by atoms with E-state index in [1.54, 1.807) is 0 Å².